The summed E-state index contributed by atoms with van der Waals surface area (Å²) in [4.78, 5) is 13.2. The zero-order chi connectivity index (χ0) is 19.4. The number of nitrogens with zero attached hydrogens (tertiary/aromatic N) is 2. The lowest BCUT2D eigenvalue weighted by molar-refractivity contribution is -0.137. The van der Waals surface area contributed by atoms with Gasteiger partial charge in [-0.05, 0) is 65.8 Å². The summed E-state index contributed by atoms with van der Waals surface area (Å²) < 4.78 is 11.7. The molecule has 0 radical (unpaired) electrons. The van der Waals surface area contributed by atoms with Gasteiger partial charge in [-0.15, -0.1) is 12.4 Å². The second-order valence-electron chi connectivity index (χ2n) is 8.87. The van der Waals surface area contributed by atoms with E-state index in [-0.39, 0.29) is 30.0 Å². The third kappa shape index (κ3) is 3.26. The van der Waals surface area contributed by atoms with Crippen molar-refractivity contribution in [2.24, 2.45) is 10.5 Å². The largest absolute Gasteiger partial charge is 0.493 e. The summed E-state index contributed by atoms with van der Waals surface area (Å²) in [6.07, 6.45) is 2.65. The lowest BCUT2D eigenvalue weighted by Gasteiger charge is -2.30. The number of fused-ring (bicyclic) bond motifs is 1. The predicted molar refractivity (Wildman–Crippen MR) is 112 cm³/mol. The number of hydrazone groups is 1. The number of halogens is 1. The van der Waals surface area contributed by atoms with Crippen LogP contribution >= 0.6 is 12.4 Å². The Morgan fingerprint density at radius 2 is 1.89 bits per heavy atom. The average molecular weight is 408 g/mol. The first-order valence-electron chi connectivity index (χ1n) is 9.77. The topological polar surface area (TPSA) is 63.2 Å². The van der Waals surface area contributed by atoms with E-state index in [0.717, 1.165) is 60.7 Å². The van der Waals surface area contributed by atoms with E-state index >= 15 is 0 Å². The van der Waals surface area contributed by atoms with Gasteiger partial charge in [-0.1, -0.05) is 0 Å². The monoisotopic (exact) mass is 407 g/mol. The normalized spacial score (nSPS) is 23.0. The van der Waals surface area contributed by atoms with E-state index in [9.17, 15) is 4.79 Å². The number of hydrogen-bond donors (Lipinski definition) is 1. The molecule has 1 saturated heterocycles. The summed E-state index contributed by atoms with van der Waals surface area (Å²) >= 11 is 0. The molecule has 0 aromatic heterocycles. The van der Waals surface area contributed by atoms with E-state index in [1.165, 1.54) is 0 Å². The molecule has 3 aliphatic rings. The van der Waals surface area contributed by atoms with E-state index in [0.29, 0.717) is 0 Å². The molecule has 6 nitrogen and oxygen atoms in total. The molecule has 0 aliphatic carbocycles. The molecule has 1 aromatic rings. The fraction of sp³-hybridized carbons (Fsp3) is 0.619. The van der Waals surface area contributed by atoms with Crippen molar-refractivity contribution in [1.82, 2.24) is 10.3 Å². The molecule has 154 valence electrons. The molecule has 0 atom stereocenters. The quantitative estimate of drug-likeness (QED) is 0.835. The lowest BCUT2D eigenvalue weighted by atomic mass is 9.80. The van der Waals surface area contributed by atoms with Crippen LogP contribution in [0.15, 0.2) is 17.2 Å². The van der Waals surface area contributed by atoms with Gasteiger partial charge in [0.25, 0.3) is 5.91 Å². The van der Waals surface area contributed by atoms with Crippen molar-refractivity contribution < 1.29 is 14.3 Å². The maximum atomic E-state index is 13.2. The fourth-order valence-electron chi connectivity index (χ4n) is 4.37. The SMILES string of the molecule is COc1ccc(C2=NN(C3CCNCC3)C(=O)C2(C)C)c2c1OC(C)(C)C2.Cl. The van der Waals surface area contributed by atoms with Crippen molar-refractivity contribution in [1.29, 1.82) is 0 Å². The number of piperidine rings is 1. The highest BCUT2D eigenvalue weighted by atomic mass is 35.5. The number of carbonyl (C=O) groups is 1. The van der Waals surface area contributed by atoms with Crippen LogP contribution in [-0.4, -0.2) is 48.5 Å². The van der Waals surface area contributed by atoms with Crippen LogP contribution in [0.5, 0.6) is 11.5 Å². The zero-order valence-electron chi connectivity index (χ0n) is 17.3. The highest BCUT2D eigenvalue weighted by molar-refractivity contribution is 6.20. The second kappa shape index (κ2) is 7.23. The van der Waals surface area contributed by atoms with Gasteiger partial charge < -0.3 is 14.8 Å². The number of carbonyl (C=O) groups excluding carboxylic acids is 1. The number of benzene rings is 1. The highest BCUT2D eigenvalue weighted by Gasteiger charge is 2.48. The minimum absolute atomic E-state index is 0. The molecule has 0 unspecified atom stereocenters. The van der Waals surface area contributed by atoms with Gasteiger partial charge >= 0.3 is 0 Å². The van der Waals surface area contributed by atoms with Crippen LogP contribution in [0.25, 0.3) is 0 Å². The first-order chi connectivity index (χ1) is 12.7. The van der Waals surface area contributed by atoms with E-state index in [1.807, 2.05) is 26.0 Å². The molecule has 1 aromatic carbocycles. The number of nitrogens with one attached hydrogen (secondary N) is 1. The second-order valence-corrected chi connectivity index (χ2v) is 8.87. The van der Waals surface area contributed by atoms with Crippen LogP contribution in [0.2, 0.25) is 0 Å². The summed E-state index contributed by atoms with van der Waals surface area (Å²) in [5.74, 6) is 1.61. The minimum Gasteiger partial charge on any atom is -0.493 e. The molecule has 1 N–H and O–H groups in total. The summed E-state index contributed by atoms with van der Waals surface area (Å²) in [7, 11) is 1.66. The van der Waals surface area contributed by atoms with Crippen LogP contribution in [0.3, 0.4) is 0 Å². The van der Waals surface area contributed by atoms with Crippen LogP contribution in [0, 0.1) is 5.41 Å². The van der Waals surface area contributed by atoms with Gasteiger partial charge in [-0.2, -0.15) is 5.10 Å². The molecule has 3 aliphatic heterocycles. The van der Waals surface area contributed by atoms with E-state index in [1.54, 1.807) is 12.1 Å². The van der Waals surface area contributed by atoms with Gasteiger partial charge in [0.1, 0.15) is 5.60 Å². The maximum absolute atomic E-state index is 13.2. The molecule has 28 heavy (non-hydrogen) atoms. The summed E-state index contributed by atoms with van der Waals surface area (Å²) in [6.45, 7) is 9.97. The van der Waals surface area contributed by atoms with Crippen LogP contribution < -0.4 is 14.8 Å². The Balaban J connectivity index is 0.00000225. The van der Waals surface area contributed by atoms with Gasteiger partial charge in [0.2, 0.25) is 0 Å². The fourth-order valence-corrected chi connectivity index (χ4v) is 4.37. The Morgan fingerprint density at radius 3 is 2.54 bits per heavy atom. The third-order valence-corrected chi connectivity index (χ3v) is 5.88. The Hall–Kier alpha value is -1.79. The molecular formula is C21H30ClN3O3. The Labute approximate surface area is 173 Å². The van der Waals surface area contributed by atoms with Gasteiger partial charge in [0.15, 0.2) is 11.5 Å². The summed E-state index contributed by atoms with van der Waals surface area (Å²) in [5.41, 5.74) is 1.98. The van der Waals surface area contributed by atoms with Crippen molar-refractivity contribution in [3.05, 3.63) is 23.3 Å². The van der Waals surface area contributed by atoms with Crippen molar-refractivity contribution >= 4 is 24.0 Å². The lowest BCUT2D eigenvalue weighted by Crippen LogP contribution is -2.44. The van der Waals surface area contributed by atoms with Gasteiger partial charge in [-0.3, -0.25) is 4.79 Å². The standard InChI is InChI=1S/C21H29N3O3.ClH/c1-20(2)12-15-14(6-7-16(26-5)17(15)27-20)18-21(3,4)19(25)24(23-18)13-8-10-22-11-9-13;/h6-7,13,22H,8-12H2,1-5H3;1H. The Morgan fingerprint density at radius 1 is 1.21 bits per heavy atom. The van der Waals surface area contributed by atoms with Crippen molar-refractivity contribution in [2.45, 2.75) is 58.6 Å². The number of methoxy groups -OCH3 is 1. The average Bonchev–Trinajstić information content (AvgIpc) is 3.08. The van der Waals surface area contributed by atoms with Crippen molar-refractivity contribution in [2.75, 3.05) is 20.2 Å². The minimum atomic E-state index is -0.653. The number of rotatable bonds is 3. The molecule has 0 spiro atoms. The predicted octanol–water partition coefficient (Wildman–Crippen LogP) is 3.16. The van der Waals surface area contributed by atoms with E-state index < -0.39 is 5.41 Å². The molecule has 7 heteroatoms. The van der Waals surface area contributed by atoms with E-state index in [4.69, 9.17) is 14.6 Å². The first kappa shape index (κ1) is 20.9. The molecule has 1 amide bonds. The van der Waals surface area contributed by atoms with Crippen LogP contribution in [0.4, 0.5) is 0 Å². The zero-order valence-corrected chi connectivity index (χ0v) is 18.1. The third-order valence-electron chi connectivity index (χ3n) is 5.88. The van der Waals surface area contributed by atoms with Crippen molar-refractivity contribution in [3.63, 3.8) is 0 Å². The van der Waals surface area contributed by atoms with Crippen LogP contribution in [-0.2, 0) is 11.2 Å². The van der Waals surface area contributed by atoms with Gasteiger partial charge in [0.05, 0.1) is 24.3 Å². The van der Waals surface area contributed by atoms with Gasteiger partial charge in [0, 0.05) is 17.5 Å². The van der Waals surface area contributed by atoms with E-state index in [2.05, 4.69) is 19.2 Å². The maximum Gasteiger partial charge on any atom is 0.254 e. The molecule has 4 rings (SSSR count). The molecule has 0 saturated carbocycles. The van der Waals surface area contributed by atoms with Gasteiger partial charge in [-0.25, -0.2) is 5.01 Å². The van der Waals surface area contributed by atoms with Crippen molar-refractivity contribution in [3.8, 4) is 11.5 Å². The molecule has 1 fully saturated rings. The summed E-state index contributed by atoms with van der Waals surface area (Å²) in [6, 6.07) is 4.13. The number of hydrogen-bond acceptors (Lipinski definition) is 5. The number of amides is 1. The molecular weight excluding hydrogens is 378 g/mol. The van der Waals surface area contributed by atoms with Crippen LogP contribution in [0.1, 0.15) is 51.7 Å². The molecule has 0 bridgehead atoms. The summed E-state index contributed by atoms with van der Waals surface area (Å²) in [5, 5.41) is 9.97. The Bertz CT molecular complexity index is 813. The highest BCUT2D eigenvalue weighted by Crippen LogP contribution is 2.46. The number of ether oxygens (including phenoxy) is 2. The smallest absolute Gasteiger partial charge is 0.254 e. The first-order valence-corrected chi connectivity index (χ1v) is 9.77. The Kier molecular flexibility index (Phi) is 5.40. The molecule has 3 heterocycles.